The molecule has 0 spiro atoms. The van der Waals surface area contributed by atoms with Crippen LogP contribution in [0.5, 0.6) is 0 Å². The smallest absolute Gasteiger partial charge is 0.418 e. The van der Waals surface area contributed by atoms with Gasteiger partial charge in [0.25, 0.3) is 4.17 Å². The van der Waals surface area contributed by atoms with Gasteiger partial charge in [0.2, 0.25) is 0 Å². The maximum absolute atomic E-state index is 9.75. The molecule has 0 fully saturated rings. The number of halogens is 6. The van der Waals surface area contributed by atoms with Crippen molar-refractivity contribution < 1.29 is 17.3 Å². The van der Waals surface area contributed by atoms with Crippen LogP contribution in [0.25, 0.3) is 0 Å². The molecular weight excluding hydrogens is 226 g/mol. The van der Waals surface area contributed by atoms with Crippen molar-refractivity contribution in [1.29, 1.82) is 0 Å². The van der Waals surface area contributed by atoms with Gasteiger partial charge in [0.15, 0.2) is 0 Å². The largest absolute Gasteiger partial charge is 0.673 e. The average molecular weight is 233 g/mol. The summed E-state index contributed by atoms with van der Waals surface area (Å²) in [7, 11) is -5.84. The molecule has 0 rings (SSSR count). The fraction of sp³-hybridized carbons (Fsp3) is 1.00. The lowest BCUT2D eigenvalue weighted by Gasteiger charge is -1.94. The molecule has 0 aliphatic carbocycles. The summed E-state index contributed by atoms with van der Waals surface area (Å²) in [6.45, 7) is 0. The van der Waals surface area contributed by atoms with Crippen molar-refractivity contribution in [3.05, 3.63) is 0 Å². The molecule has 0 amide bonds. The summed E-state index contributed by atoms with van der Waals surface area (Å²) in [5.41, 5.74) is 0. The monoisotopic (exact) mass is 232 g/mol. The van der Waals surface area contributed by atoms with E-state index >= 15 is 0 Å². The second-order valence-electron chi connectivity index (χ2n) is 1.64. The van der Waals surface area contributed by atoms with Crippen LogP contribution < -0.4 is 0 Å². The lowest BCUT2D eigenvalue weighted by Crippen LogP contribution is -2.02. The van der Waals surface area contributed by atoms with E-state index in [-0.39, 0.29) is 15.1 Å². The maximum Gasteiger partial charge on any atom is 0.673 e. The van der Waals surface area contributed by atoms with Crippen molar-refractivity contribution in [1.82, 2.24) is 0 Å². The molecule has 0 saturated carbocycles. The molecule has 11 heavy (non-hydrogen) atoms. The Hall–Kier alpha value is 0.715. The molecular formula is C3H7BCl2F4S. The van der Waals surface area contributed by atoms with E-state index in [1.807, 2.05) is 12.5 Å². The first-order valence-corrected chi connectivity index (χ1v) is 5.34. The van der Waals surface area contributed by atoms with Gasteiger partial charge in [-0.3, -0.25) is 0 Å². The van der Waals surface area contributed by atoms with E-state index in [2.05, 4.69) is 0 Å². The standard InChI is InChI=1S/C3H7Cl2S.BF4/c1-6(2)3(4)5;2-1(3,4)5/h3H,1-2H3;/q+1;-1. The van der Waals surface area contributed by atoms with Gasteiger partial charge in [0.05, 0.1) is 12.5 Å². The van der Waals surface area contributed by atoms with Gasteiger partial charge >= 0.3 is 7.25 Å². The Morgan fingerprint density at radius 1 is 1.09 bits per heavy atom. The second-order valence-corrected chi connectivity index (χ2v) is 5.48. The second kappa shape index (κ2) is 6.26. The first-order valence-electron chi connectivity index (χ1n) is 2.36. The maximum atomic E-state index is 9.75. The highest BCUT2D eigenvalue weighted by Crippen LogP contribution is 2.08. The van der Waals surface area contributed by atoms with Crippen LogP contribution in [0.1, 0.15) is 0 Å². The fourth-order valence-electron chi connectivity index (χ4n) is 0. The van der Waals surface area contributed by atoms with Crippen LogP contribution in [0.15, 0.2) is 0 Å². The van der Waals surface area contributed by atoms with Gasteiger partial charge in [-0.05, 0) is 23.2 Å². The Bertz CT molecular complexity index is 83.8. The first kappa shape index (κ1) is 14.3. The minimum atomic E-state index is -6.00. The van der Waals surface area contributed by atoms with Crippen LogP contribution in [-0.4, -0.2) is 23.9 Å². The van der Waals surface area contributed by atoms with Crippen molar-refractivity contribution >= 4 is 41.4 Å². The van der Waals surface area contributed by atoms with E-state index in [4.69, 9.17) is 23.2 Å². The minimum Gasteiger partial charge on any atom is -0.418 e. The van der Waals surface area contributed by atoms with Crippen LogP contribution in [0, 0.1) is 0 Å². The van der Waals surface area contributed by atoms with Crippen molar-refractivity contribution in [2.24, 2.45) is 0 Å². The molecule has 0 radical (unpaired) electrons. The molecule has 0 aromatic rings. The SMILES string of the molecule is C[S+](C)C(Cl)Cl.F[B-](F)(F)F. The average Bonchev–Trinajstić information content (AvgIpc) is 1.59. The van der Waals surface area contributed by atoms with Crippen molar-refractivity contribution in [3.8, 4) is 0 Å². The summed E-state index contributed by atoms with van der Waals surface area (Å²) in [4.78, 5) is 0. The van der Waals surface area contributed by atoms with Crippen LogP contribution in [-0.2, 0) is 10.9 Å². The predicted molar refractivity (Wildman–Crippen MR) is 44.9 cm³/mol. The van der Waals surface area contributed by atoms with E-state index < -0.39 is 7.25 Å². The molecule has 0 bridgehead atoms. The third-order valence-corrected chi connectivity index (χ3v) is 3.21. The Morgan fingerprint density at radius 3 is 1.18 bits per heavy atom. The number of hydrogen-bond acceptors (Lipinski definition) is 0. The summed E-state index contributed by atoms with van der Waals surface area (Å²) in [5.74, 6) is 0. The predicted octanol–water partition coefficient (Wildman–Crippen LogP) is 2.93. The van der Waals surface area contributed by atoms with Crippen LogP contribution in [0.4, 0.5) is 17.3 Å². The van der Waals surface area contributed by atoms with E-state index in [0.717, 1.165) is 0 Å². The van der Waals surface area contributed by atoms with E-state index in [1.54, 1.807) is 0 Å². The van der Waals surface area contributed by atoms with Gasteiger partial charge in [0.1, 0.15) is 0 Å². The summed E-state index contributed by atoms with van der Waals surface area (Å²) in [6, 6.07) is 0. The summed E-state index contributed by atoms with van der Waals surface area (Å²) < 4.78 is 38.8. The summed E-state index contributed by atoms with van der Waals surface area (Å²) >= 11 is 10.8. The molecule has 0 aliphatic heterocycles. The van der Waals surface area contributed by atoms with Gasteiger partial charge in [-0.15, -0.1) is 0 Å². The quantitative estimate of drug-likeness (QED) is 0.282. The van der Waals surface area contributed by atoms with E-state index in [9.17, 15) is 17.3 Å². The number of hydrogen-bond donors (Lipinski definition) is 0. The zero-order chi connectivity index (χ0) is 9.65. The lowest BCUT2D eigenvalue weighted by atomic mass is 10.3. The normalized spacial score (nSPS) is 11.5. The van der Waals surface area contributed by atoms with E-state index in [0.29, 0.717) is 0 Å². The zero-order valence-corrected chi connectivity index (χ0v) is 8.16. The minimum absolute atomic E-state index is 0.164. The van der Waals surface area contributed by atoms with Gasteiger partial charge in [-0.25, -0.2) is 0 Å². The highest BCUT2D eigenvalue weighted by molar-refractivity contribution is 7.98. The lowest BCUT2D eigenvalue weighted by molar-refractivity contribution is 0.368. The van der Waals surface area contributed by atoms with Crippen LogP contribution >= 0.6 is 23.2 Å². The molecule has 8 heteroatoms. The Kier molecular flexibility index (Phi) is 8.10. The van der Waals surface area contributed by atoms with Gasteiger partial charge in [-0.2, -0.15) is 0 Å². The molecule has 0 atom stereocenters. The summed E-state index contributed by atoms with van der Waals surface area (Å²) in [5, 5.41) is 0. The molecule has 0 N–H and O–H groups in total. The molecule has 0 aliphatic rings. The van der Waals surface area contributed by atoms with Gasteiger partial charge in [0, 0.05) is 10.9 Å². The zero-order valence-electron chi connectivity index (χ0n) is 5.83. The van der Waals surface area contributed by atoms with Crippen molar-refractivity contribution in [3.63, 3.8) is 0 Å². The Morgan fingerprint density at radius 2 is 1.18 bits per heavy atom. The summed E-state index contributed by atoms with van der Waals surface area (Å²) in [6.07, 6.45) is 4.01. The molecule has 0 nitrogen and oxygen atoms in total. The molecule has 0 aromatic carbocycles. The Balaban J connectivity index is 0. The van der Waals surface area contributed by atoms with Crippen LogP contribution in [0.2, 0.25) is 0 Å². The van der Waals surface area contributed by atoms with E-state index in [1.165, 1.54) is 0 Å². The van der Waals surface area contributed by atoms with Gasteiger partial charge < -0.3 is 17.3 Å². The number of rotatable bonds is 1. The molecule has 0 heterocycles. The third-order valence-electron chi connectivity index (χ3n) is 0.356. The molecule has 0 saturated heterocycles. The third kappa shape index (κ3) is 36.6. The number of alkyl halides is 2. The topological polar surface area (TPSA) is 0 Å². The molecule has 70 valence electrons. The Labute approximate surface area is 75.7 Å². The van der Waals surface area contributed by atoms with Crippen molar-refractivity contribution in [2.45, 2.75) is 4.17 Å². The molecule has 0 unspecified atom stereocenters. The molecule has 0 aromatic heterocycles. The highest BCUT2D eigenvalue weighted by atomic mass is 35.5. The fourth-order valence-corrected chi connectivity index (χ4v) is 0. The highest BCUT2D eigenvalue weighted by Gasteiger charge is 2.20. The van der Waals surface area contributed by atoms with Crippen LogP contribution in [0.3, 0.4) is 0 Å². The van der Waals surface area contributed by atoms with Crippen molar-refractivity contribution in [2.75, 3.05) is 12.5 Å². The first-order chi connectivity index (χ1) is 4.64. The van der Waals surface area contributed by atoms with Gasteiger partial charge in [-0.1, -0.05) is 0 Å².